The Hall–Kier alpha value is -0.780. The summed E-state index contributed by atoms with van der Waals surface area (Å²) >= 11 is 3.48. The Kier molecular flexibility index (Phi) is 5.52. The van der Waals surface area contributed by atoms with Crippen LogP contribution >= 0.6 is 28.3 Å². The molecule has 0 bridgehead atoms. The molecule has 2 heterocycles. The molecule has 0 spiro atoms. The monoisotopic (exact) mass is 374 g/mol. The van der Waals surface area contributed by atoms with Gasteiger partial charge >= 0.3 is 0 Å². The van der Waals surface area contributed by atoms with Crippen molar-refractivity contribution in [3.63, 3.8) is 0 Å². The molecule has 0 aromatic heterocycles. The van der Waals surface area contributed by atoms with Crippen LogP contribution in [0.4, 0.5) is 0 Å². The number of nitrogens with one attached hydrogen (secondary N) is 2. The molecule has 3 rings (SSSR count). The maximum Gasteiger partial charge on any atom is 0.223 e. The maximum atomic E-state index is 12.3. The summed E-state index contributed by atoms with van der Waals surface area (Å²) in [6, 6.07) is 6.01. The lowest BCUT2D eigenvalue weighted by Gasteiger charge is -2.34. The van der Waals surface area contributed by atoms with E-state index in [9.17, 15) is 4.79 Å². The molecular weight excluding hydrogens is 356 g/mol. The predicted molar refractivity (Wildman–Crippen MR) is 87.9 cm³/mol. The van der Waals surface area contributed by atoms with Gasteiger partial charge in [-0.3, -0.25) is 4.79 Å². The van der Waals surface area contributed by atoms with Crippen molar-refractivity contribution in [1.82, 2.24) is 10.6 Å². The zero-order valence-corrected chi connectivity index (χ0v) is 14.3. The fourth-order valence-corrected chi connectivity index (χ4v) is 3.08. The molecule has 2 N–H and O–H groups in total. The first kappa shape index (κ1) is 16.6. The van der Waals surface area contributed by atoms with Crippen LogP contribution in [0.25, 0.3) is 0 Å². The summed E-state index contributed by atoms with van der Waals surface area (Å²) in [7, 11) is 0. The van der Waals surface area contributed by atoms with Crippen molar-refractivity contribution in [2.45, 2.75) is 19.4 Å². The molecular formula is C15H20BrClN2O2. The number of hydrogen-bond acceptors (Lipinski definition) is 3. The van der Waals surface area contributed by atoms with Crippen molar-refractivity contribution in [1.29, 1.82) is 0 Å². The Morgan fingerprint density at radius 3 is 2.90 bits per heavy atom. The SMILES string of the molecule is CC(C(=O)NC1CCOc2ccc(Br)cc21)C1CNC1.Cl. The maximum absolute atomic E-state index is 12.3. The molecule has 1 fully saturated rings. The van der Waals surface area contributed by atoms with Gasteiger partial charge in [-0.15, -0.1) is 12.4 Å². The van der Waals surface area contributed by atoms with Crippen LogP contribution in [0, 0.1) is 11.8 Å². The Balaban J connectivity index is 0.00000161. The van der Waals surface area contributed by atoms with E-state index in [0.717, 1.165) is 35.3 Å². The predicted octanol–water partition coefficient (Wildman–Crippen LogP) is 2.67. The van der Waals surface area contributed by atoms with E-state index in [1.807, 2.05) is 25.1 Å². The van der Waals surface area contributed by atoms with Crippen LogP contribution in [-0.4, -0.2) is 25.6 Å². The van der Waals surface area contributed by atoms with Crippen LogP contribution in [-0.2, 0) is 4.79 Å². The lowest BCUT2D eigenvalue weighted by Crippen LogP contribution is -2.50. The third kappa shape index (κ3) is 3.52. The molecule has 0 aliphatic carbocycles. The van der Waals surface area contributed by atoms with Crippen LogP contribution in [0.3, 0.4) is 0 Å². The van der Waals surface area contributed by atoms with Crippen LogP contribution in [0.1, 0.15) is 24.9 Å². The number of carbonyl (C=O) groups excluding carboxylic acids is 1. The highest BCUT2D eigenvalue weighted by Crippen LogP contribution is 2.34. The molecule has 1 amide bonds. The molecule has 4 nitrogen and oxygen atoms in total. The number of rotatable bonds is 3. The Bertz CT molecular complexity index is 522. The number of hydrogen-bond donors (Lipinski definition) is 2. The average molecular weight is 376 g/mol. The van der Waals surface area contributed by atoms with Crippen molar-refractivity contribution >= 4 is 34.2 Å². The highest BCUT2D eigenvalue weighted by atomic mass is 79.9. The Labute approximate surface area is 139 Å². The van der Waals surface area contributed by atoms with Crippen molar-refractivity contribution in [3.05, 3.63) is 28.2 Å². The second-order valence-electron chi connectivity index (χ2n) is 5.59. The van der Waals surface area contributed by atoms with Crippen molar-refractivity contribution in [3.8, 4) is 5.75 Å². The van der Waals surface area contributed by atoms with E-state index in [1.165, 1.54) is 0 Å². The van der Waals surface area contributed by atoms with Gasteiger partial charge in [0.25, 0.3) is 0 Å². The normalized spacial score (nSPS) is 22.1. The highest BCUT2D eigenvalue weighted by molar-refractivity contribution is 9.10. The summed E-state index contributed by atoms with van der Waals surface area (Å²) in [6.45, 7) is 4.57. The van der Waals surface area contributed by atoms with Crippen LogP contribution in [0.5, 0.6) is 5.75 Å². The van der Waals surface area contributed by atoms with Gasteiger partial charge in [0, 0.05) is 22.4 Å². The number of halogens is 2. The number of fused-ring (bicyclic) bond motifs is 1. The van der Waals surface area contributed by atoms with Gasteiger partial charge in [-0.2, -0.15) is 0 Å². The summed E-state index contributed by atoms with van der Waals surface area (Å²) < 4.78 is 6.66. The first-order chi connectivity index (χ1) is 9.65. The lowest BCUT2D eigenvalue weighted by atomic mass is 9.87. The summed E-state index contributed by atoms with van der Waals surface area (Å²) in [4.78, 5) is 12.3. The molecule has 1 aromatic carbocycles. The Morgan fingerprint density at radius 1 is 1.48 bits per heavy atom. The summed E-state index contributed by atoms with van der Waals surface area (Å²) in [5.41, 5.74) is 1.07. The lowest BCUT2D eigenvalue weighted by molar-refractivity contribution is -0.127. The molecule has 0 saturated carbocycles. The van der Waals surface area contributed by atoms with E-state index in [4.69, 9.17) is 4.74 Å². The van der Waals surface area contributed by atoms with Gasteiger partial charge in [0.2, 0.25) is 5.91 Å². The van der Waals surface area contributed by atoms with E-state index >= 15 is 0 Å². The molecule has 1 saturated heterocycles. The minimum Gasteiger partial charge on any atom is -0.493 e. The first-order valence-electron chi connectivity index (χ1n) is 7.08. The molecule has 0 radical (unpaired) electrons. The van der Waals surface area contributed by atoms with E-state index in [1.54, 1.807) is 0 Å². The molecule has 1 aromatic rings. The fourth-order valence-electron chi connectivity index (χ4n) is 2.70. The van der Waals surface area contributed by atoms with Gasteiger partial charge in [0.15, 0.2) is 0 Å². The van der Waals surface area contributed by atoms with Gasteiger partial charge < -0.3 is 15.4 Å². The van der Waals surface area contributed by atoms with Crippen LogP contribution in [0.15, 0.2) is 22.7 Å². The van der Waals surface area contributed by atoms with Gasteiger partial charge in [-0.25, -0.2) is 0 Å². The smallest absolute Gasteiger partial charge is 0.223 e. The Morgan fingerprint density at radius 2 is 2.24 bits per heavy atom. The average Bonchev–Trinajstić information content (AvgIpc) is 2.37. The number of ether oxygens (including phenoxy) is 1. The van der Waals surface area contributed by atoms with Crippen LogP contribution in [0.2, 0.25) is 0 Å². The second-order valence-corrected chi connectivity index (χ2v) is 6.50. The molecule has 2 aliphatic rings. The quantitative estimate of drug-likeness (QED) is 0.854. The zero-order chi connectivity index (χ0) is 14.1. The van der Waals surface area contributed by atoms with Gasteiger partial charge in [0.05, 0.1) is 12.6 Å². The number of benzene rings is 1. The van der Waals surface area contributed by atoms with Crippen LogP contribution < -0.4 is 15.4 Å². The molecule has 2 aliphatic heterocycles. The molecule has 21 heavy (non-hydrogen) atoms. The van der Waals surface area contributed by atoms with Crippen molar-refractivity contribution in [2.75, 3.05) is 19.7 Å². The van der Waals surface area contributed by atoms with Crippen molar-refractivity contribution in [2.24, 2.45) is 11.8 Å². The summed E-state index contributed by atoms with van der Waals surface area (Å²) in [5, 5.41) is 6.40. The third-order valence-electron chi connectivity index (χ3n) is 4.26. The summed E-state index contributed by atoms with van der Waals surface area (Å²) in [6.07, 6.45) is 0.824. The van der Waals surface area contributed by atoms with E-state index in [2.05, 4.69) is 26.6 Å². The summed E-state index contributed by atoms with van der Waals surface area (Å²) in [5.74, 6) is 1.56. The second kappa shape index (κ2) is 6.99. The fraction of sp³-hybridized carbons (Fsp3) is 0.533. The standard InChI is InChI=1S/C15H19BrN2O2.ClH/c1-9(10-7-17-8-10)15(19)18-13-4-5-20-14-3-2-11(16)6-12(13)14;/h2-3,6,9-10,13,17H,4-5,7-8H2,1H3,(H,18,19);1H. The van der Waals surface area contributed by atoms with Gasteiger partial charge in [-0.1, -0.05) is 22.9 Å². The van der Waals surface area contributed by atoms with Gasteiger partial charge in [0.1, 0.15) is 5.75 Å². The number of carbonyl (C=O) groups is 1. The van der Waals surface area contributed by atoms with E-state index < -0.39 is 0 Å². The topological polar surface area (TPSA) is 50.4 Å². The minimum atomic E-state index is 0. The van der Waals surface area contributed by atoms with Gasteiger partial charge in [-0.05, 0) is 37.2 Å². The zero-order valence-electron chi connectivity index (χ0n) is 11.9. The first-order valence-corrected chi connectivity index (χ1v) is 7.88. The van der Waals surface area contributed by atoms with E-state index in [-0.39, 0.29) is 30.3 Å². The molecule has 116 valence electrons. The molecule has 2 unspecified atom stereocenters. The van der Waals surface area contributed by atoms with E-state index in [0.29, 0.717) is 12.5 Å². The largest absolute Gasteiger partial charge is 0.493 e. The minimum absolute atomic E-state index is 0. The molecule has 6 heteroatoms. The highest BCUT2D eigenvalue weighted by Gasteiger charge is 2.31. The van der Waals surface area contributed by atoms with Crippen molar-refractivity contribution < 1.29 is 9.53 Å². The molecule has 2 atom stereocenters. The third-order valence-corrected chi connectivity index (χ3v) is 4.75. The number of amides is 1.